The molecule has 0 aromatic carbocycles. The molecule has 0 saturated heterocycles. The van der Waals surface area contributed by atoms with Gasteiger partial charge in [0.1, 0.15) is 0 Å². The molecule has 0 aromatic rings. The summed E-state index contributed by atoms with van der Waals surface area (Å²) in [5.41, 5.74) is 0. The molecule has 0 aliphatic carbocycles. The largest absolute Gasteiger partial charge is 0.303 e. The molecule has 0 heterocycles. The SMILES string of the molecule is CON(OC)P=O. The molecule has 0 saturated carbocycles. The van der Waals surface area contributed by atoms with Crippen LogP contribution in [0.3, 0.4) is 0 Å². The lowest BCUT2D eigenvalue weighted by Gasteiger charge is -2.02. The van der Waals surface area contributed by atoms with Gasteiger partial charge in [-0.2, -0.15) is 0 Å². The molecule has 0 atom stereocenters. The average Bonchev–Trinajstić information content (AvgIpc) is 1.72. The highest BCUT2D eigenvalue weighted by Crippen LogP contribution is 2.01. The van der Waals surface area contributed by atoms with Crippen molar-refractivity contribution < 1.29 is 14.2 Å². The van der Waals surface area contributed by atoms with E-state index in [0.717, 1.165) is 5.00 Å². The summed E-state index contributed by atoms with van der Waals surface area (Å²) in [7, 11) is 2.41. The van der Waals surface area contributed by atoms with Crippen molar-refractivity contribution in [2.24, 2.45) is 0 Å². The van der Waals surface area contributed by atoms with Gasteiger partial charge in [-0.25, -0.2) is 0 Å². The van der Waals surface area contributed by atoms with Crippen LogP contribution in [0.5, 0.6) is 0 Å². The summed E-state index contributed by atoms with van der Waals surface area (Å²) in [6, 6.07) is 0. The summed E-state index contributed by atoms with van der Waals surface area (Å²) in [4.78, 5) is 9.46. The Morgan fingerprint density at radius 1 is 1.43 bits per heavy atom. The summed E-state index contributed by atoms with van der Waals surface area (Å²) in [5, 5.41) is 0. The lowest BCUT2D eigenvalue weighted by molar-refractivity contribution is -0.267. The first-order valence-corrected chi connectivity index (χ1v) is 2.33. The Kier molecular flexibility index (Phi) is 4.14. The van der Waals surface area contributed by atoms with Crippen LogP contribution in [0.1, 0.15) is 0 Å². The molecule has 0 bridgehead atoms. The second-order valence-electron chi connectivity index (χ2n) is 0.685. The third-order valence-corrected chi connectivity index (χ3v) is 0.839. The number of hydrogen-bond donors (Lipinski definition) is 0. The normalized spacial score (nSPS) is 10.7. The van der Waals surface area contributed by atoms with Gasteiger partial charge in [0, 0.05) is 5.00 Å². The maximum Gasteiger partial charge on any atom is 0.303 e. The Bertz CT molecular complexity index is 54.9. The van der Waals surface area contributed by atoms with Crippen LogP contribution >= 0.6 is 8.61 Å². The fourth-order valence-corrected chi connectivity index (χ4v) is 0.275. The smallest absolute Gasteiger partial charge is 0.267 e. The van der Waals surface area contributed by atoms with Gasteiger partial charge in [-0.1, -0.05) is 0 Å². The molecular formula is C2H6NO3P. The molecule has 0 aliphatic rings. The van der Waals surface area contributed by atoms with Crippen molar-refractivity contribution in [2.75, 3.05) is 14.2 Å². The number of rotatable bonds is 3. The van der Waals surface area contributed by atoms with Gasteiger partial charge in [-0.15, -0.1) is 0 Å². The summed E-state index contributed by atoms with van der Waals surface area (Å²) in [6.07, 6.45) is 0. The summed E-state index contributed by atoms with van der Waals surface area (Å²) >= 11 is 0. The van der Waals surface area contributed by atoms with Crippen molar-refractivity contribution in [1.82, 2.24) is 5.00 Å². The van der Waals surface area contributed by atoms with E-state index >= 15 is 0 Å². The molecule has 0 aromatic heterocycles. The lowest BCUT2D eigenvalue weighted by atomic mass is 11.7. The third kappa shape index (κ3) is 2.65. The molecule has 0 radical (unpaired) electrons. The van der Waals surface area contributed by atoms with E-state index < -0.39 is 0 Å². The molecule has 0 fully saturated rings. The van der Waals surface area contributed by atoms with Gasteiger partial charge in [0.25, 0.3) is 0 Å². The van der Waals surface area contributed by atoms with Crippen molar-refractivity contribution in [1.29, 1.82) is 0 Å². The highest BCUT2D eigenvalue weighted by Gasteiger charge is 1.94. The van der Waals surface area contributed by atoms with Crippen LogP contribution in [0.2, 0.25) is 0 Å². The van der Waals surface area contributed by atoms with Gasteiger partial charge in [-0.3, -0.25) is 14.2 Å². The van der Waals surface area contributed by atoms with Gasteiger partial charge in [-0.05, 0) is 0 Å². The molecule has 7 heavy (non-hydrogen) atoms. The van der Waals surface area contributed by atoms with E-state index in [-0.39, 0.29) is 8.61 Å². The topological polar surface area (TPSA) is 38.8 Å². The first-order chi connectivity index (χ1) is 3.35. The van der Waals surface area contributed by atoms with Crippen molar-refractivity contribution in [3.63, 3.8) is 0 Å². The highest BCUT2D eigenvalue weighted by molar-refractivity contribution is 7.20. The van der Waals surface area contributed by atoms with Gasteiger partial charge in [0.2, 0.25) is 0 Å². The Labute approximate surface area is 43.2 Å². The van der Waals surface area contributed by atoms with E-state index in [1.54, 1.807) is 0 Å². The van der Waals surface area contributed by atoms with Crippen LogP contribution in [0.25, 0.3) is 0 Å². The van der Waals surface area contributed by atoms with Crippen molar-refractivity contribution >= 4 is 8.61 Å². The van der Waals surface area contributed by atoms with Gasteiger partial charge in [0.05, 0.1) is 14.2 Å². The van der Waals surface area contributed by atoms with Crippen LogP contribution < -0.4 is 0 Å². The minimum Gasteiger partial charge on any atom is -0.267 e. The molecule has 4 nitrogen and oxygen atoms in total. The number of hydrogen-bond acceptors (Lipinski definition) is 3. The van der Waals surface area contributed by atoms with Gasteiger partial charge in [0.15, 0.2) is 0 Å². The van der Waals surface area contributed by atoms with Crippen LogP contribution in [-0.4, -0.2) is 19.2 Å². The first kappa shape index (κ1) is 6.98. The van der Waals surface area contributed by atoms with Crippen LogP contribution in [0.4, 0.5) is 0 Å². The summed E-state index contributed by atoms with van der Waals surface area (Å²) in [5.74, 6) is 0. The molecule has 0 rings (SSSR count). The molecule has 0 amide bonds. The van der Waals surface area contributed by atoms with Crippen LogP contribution in [0.15, 0.2) is 0 Å². The minimum atomic E-state index is -0.302. The maximum absolute atomic E-state index is 9.74. The van der Waals surface area contributed by atoms with E-state index in [4.69, 9.17) is 0 Å². The molecular weight excluding hydrogens is 117 g/mol. The van der Waals surface area contributed by atoms with Crippen molar-refractivity contribution in [3.8, 4) is 0 Å². The van der Waals surface area contributed by atoms with Crippen LogP contribution in [0, 0.1) is 0 Å². The molecule has 0 spiro atoms. The fraction of sp³-hybridized carbons (Fsp3) is 1.00. The molecule has 0 N–H and O–H groups in total. The van der Waals surface area contributed by atoms with Gasteiger partial charge < -0.3 is 0 Å². The Hall–Kier alpha value is -0.0200. The standard InChI is InChI=1S/C2H6NO3P/c1-5-3(6-2)7-4/h1-2H3. The molecule has 5 heteroatoms. The Morgan fingerprint density at radius 2 is 1.86 bits per heavy atom. The van der Waals surface area contributed by atoms with Crippen LogP contribution in [-0.2, 0) is 14.2 Å². The van der Waals surface area contributed by atoms with Gasteiger partial charge >= 0.3 is 8.61 Å². The molecule has 42 valence electrons. The summed E-state index contributed by atoms with van der Waals surface area (Å²) in [6.45, 7) is 0. The van der Waals surface area contributed by atoms with Crippen molar-refractivity contribution in [3.05, 3.63) is 0 Å². The van der Waals surface area contributed by atoms with E-state index in [0.29, 0.717) is 0 Å². The fourth-order valence-electron chi connectivity index (χ4n) is 0.141. The first-order valence-electron chi connectivity index (χ1n) is 1.56. The van der Waals surface area contributed by atoms with E-state index in [9.17, 15) is 4.57 Å². The third-order valence-electron chi connectivity index (χ3n) is 0.379. The monoisotopic (exact) mass is 123 g/mol. The molecule has 0 unspecified atom stereocenters. The minimum absolute atomic E-state index is 0.302. The van der Waals surface area contributed by atoms with E-state index in [1.165, 1.54) is 14.2 Å². The highest BCUT2D eigenvalue weighted by atomic mass is 31.1. The molecule has 0 aliphatic heterocycles. The van der Waals surface area contributed by atoms with E-state index in [2.05, 4.69) is 9.68 Å². The van der Waals surface area contributed by atoms with Crippen molar-refractivity contribution in [2.45, 2.75) is 0 Å². The zero-order valence-electron chi connectivity index (χ0n) is 4.12. The Morgan fingerprint density at radius 3 is 1.86 bits per heavy atom. The Balaban J connectivity index is 3.16. The quantitative estimate of drug-likeness (QED) is 0.407. The predicted molar refractivity (Wildman–Crippen MR) is 23.5 cm³/mol. The average molecular weight is 123 g/mol. The van der Waals surface area contributed by atoms with E-state index in [1.807, 2.05) is 0 Å². The summed E-state index contributed by atoms with van der Waals surface area (Å²) < 4.78 is 9.74. The zero-order valence-corrected chi connectivity index (χ0v) is 5.01. The second-order valence-corrected chi connectivity index (χ2v) is 1.17. The predicted octanol–water partition coefficient (Wildman–Crippen LogP) is 0.618. The zero-order chi connectivity index (χ0) is 5.70. The number of nitrogens with zero attached hydrogens (tertiary/aromatic N) is 1. The second kappa shape index (κ2) is 4.15. The lowest BCUT2D eigenvalue weighted by Crippen LogP contribution is -2.06. The maximum atomic E-state index is 9.74.